The number of aliphatic hydroxyl groups is 1. The summed E-state index contributed by atoms with van der Waals surface area (Å²) in [6.45, 7) is 11.5. The van der Waals surface area contributed by atoms with Crippen molar-refractivity contribution in [3.05, 3.63) is 0 Å². The standard InChI is InChI=1S/C21H34O5/c1-12(2)7-9-15-19(24)18(16(22)11-14(5)6)20(25)21(15,26)17(23)10-8-13(3)4/h12-15,18,26H,7-11H2,1-6H3/t15?,18?,21-/m1/s1. The summed E-state index contributed by atoms with van der Waals surface area (Å²) in [5.74, 6) is -4.63. The topological polar surface area (TPSA) is 88.5 Å². The van der Waals surface area contributed by atoms with E-state index >= 15 is 0 Å². The molecule has 0 saturated heterocycles. The first-order valence-corrected chi connectivity index (χ1v) is 9.79. The molecule has 3 atom stereocenters. The predicted octanol–water partition coefficient (Wildman–Crippen LogP) is 3.16. The maximum absolute atomic E-state index is 12.9. The summed E-state index contributed by atoms with van der Waals surface area (Å²) in [7, 11) is 0. The summed E-state index contributed by atoms with van der Waals surface area (Å²) in [6.07, 6.45) is 1.52. The maximum atomic E-state index is 12.9. The van der Waals surface area contributed by atoms with Gasteiger partial charge in [0.2, 0.25) is 0 Å². The van der Waals surface area contributed by atoms with Gasteiger partial charge in [-0.1, -0.05) is 48.0 Å². The van der Waals surface area contributed by atoms with Crippen LogP contribution in [0.4, 0.5) is 0 Å². The molecule has 2 unspecified atom stereocenters. The average Bonchev–Trinajstić information content (AvgIpc) is 2.69. The molecule has 0 radical (unpaired) electrons. The van der Waals surface area contributed by atoms with Crippen LogP contribution in [0.25, 0.3) is 0 Å². The third kappa shape index (κ3) is 4.87. The van der Waals surface area contributed by atoms with Crippen molar-refractivity contribution in [3.63, 3.8) is 0 Å². The number of hydrogen-bond donors (Lipinski definition) is 1. The van der Waals surface area contributed by atoms with Gasteiger partial charge in [-0.3, -0.25) is 19.2 Å². The van der Waals surface area contributed by atoms with Crippen molar-refractivity contribution >= 4 is 23.1 Å². The summed E-state index contributed by atoms with van der Waals surface area (Å²) in [5, 5.41) is 11.1. The Hall–Kier alpha value is -1.36. The molecule has 5 nitrogen and oxygen atoms in total. The minimum Gasteiger partial charge on any atom is -0.374 e. The monoisotopic (exact) mass is 366 g/mol. The Balaban J connectivity index is 3.19. The zero-order valence-corrected chi connectivity index (χ0v) is 17.0. The highest BCUT2D eigenvalue weighted by Gasteiger charge is 2.64. The lowest BCUT2D eigenvalue weighted by atomic mass is 9.79. The summed E-state index contributed by atoms with van der Waals surface area (Å²) < 4.78 is 0. The van der Waals surface area contributed by atoms with E-state index in [0.29, 0.717) is 12.8 Å². The molecule has 1 fully saturated rings. The Morgan fingerprint density at radius 1 is 0.962 bits per heavy atom. The van der Waals surface area contributed by atoms with Crippen molar-refractivity contribution in [2.45, 2.75) is 79.2 Å². The largest absolute Gasteiger partial charge is 0.374 e. The molecule has 0 aromatic heterocycles. The van der Waals surface area contributed by atoms with E-state index < -0.39 is 40.6 Å². The van der Waals surface area contributed by atoms with Crippen LogP contribution in [-0.2, 0) is 19.2 Å². The van der Waals surface area contributed by atoms with Gasteiger partial charge in [-0.2, -0.15) is 0 Å². The first kappa shape index (κ1) is 22.7. The maximum Gasteiger partial charge on any atom is 0.192 e. The van der Waals surface area contributed by atoms with E-state index in [0.717, 1.165) is 0 Å². The fraction of sp³-hybridized carbons (Fsp3) is 0.810. The predicted molar refractivity (Wildman–Crippen MR) is 99.6 cm³/mol. The second-order valence-corrected chi connectivity index (χ2v) is 8.91. The SMILES string of the molecule is CC(C)CCC(=O)[C@@]1(O)C(=O)C(C(=O)CC(C)C)C(=O)C1CCC(C)C. The molecule has 0 bridgehead atoms. The Labute approximate surface area is 156 Å². The fourth-order valence-corrected chi connectivity index (χ4v) is 3.55. The van der Waals surface area contributed by atoms with Gasteiger partial charge in [-0.15, -0.1) is 0 Å². The second kappa shape index (κ2) is 9.03. The number of hydrogen-bond acceptors (Lipinski definition) is 5. The lowest BCUT2D eigenvalue weighted by Gasteiger charge is -2.26. The molecular weight excluding hydrogens is 332 g/mol. The van der Waals surface area contributed by atoms with Gasteiger partial charge < -0.3 is 5.11 Å². The normalized spacial score (nSPS) is 26.4. The fourth-order valence-electron chi connectivity index (χ4n) is 3.55. The van der Waals surface area contributed by atoms with Gasteiger partial charge in [0, 0.05) is 12.8 Å². The number of rotatable bonds is 10. The van der Waals surface area contributed by atoms with E-state index in [9.17, 15) is 24.3 Å². The van der Waals surface area contributed by atoms with Crippen LogP contribution in [-0.4, -0.2) is 33.8 Å². The van der Waals surface area contributed by atoms with Gasteiger partial charge in [0.05, 0.1) is 5.92 Å². The first-order chi connectivity index (χ1) is 11.9. The van der Waals surface area contributed by atoms with Gasteiger partial charge in [0.15, 0.2) is 28.7 Å². The summed E-state index contributed by atoms with van der Waals surface area (Å²) >= 11 is 0. The molecule has 26 heavy (non-hydrogen) atoms. The minimum atomic E-state index is -2.34. The van der Waals surface area contributed by atoms with Gasteiger partial charge in [0.1, 0.15) is 5.92 Å². The number of Topliss-reactive ketones (excluding diaryl/α,β-unsaturated/α-hetero) is 4. The van der Waals surface area contributed by atoms with Crippen LogP contribution in [0.1, 0.15) is 73.6 Å². The highest BCUT2D eigenvalue weighted by Crippen LogP contribution is 2.40. The highest BCUT2D eigenvalue weighted by molar-refractivity contribution is 6.33. The van der Waals surface area contributed by atoms with Gasteiger partial charge in [-0.05, 0) is 30.6 Å². The van der Waals surface area contributed by atoms with Crippen molar-refractivity contribution in [2.75, 3.05) is 0 Å². The van der Waals surface area contributed by atoms with E-state index in [1.165, 1.54) is 0 Å². The Morgan fingerprint density at radius 3 is 1.96 bits per heavy atom. The third-order valence-corrected chi connectivity index (χ3v) is 5.11. The molecule has 1 rings (SSSR count). The third-order valence-electron chi connectivity index (χ3n) is 5.11. The lowest BCUT2D eigenvalue weighted by Crippen LogP contribution is -2.50. The van der Waals surface area contributed by atoms with Crippen LogP contribution in [0, 0.1) is 29.6 Å². The van der Waals surface area contributed by atoms with Crippen molar-refractivity contribution in [1.82, 2.24) is 0 Å². The lowest BCUT2D eigenvalue weighted by molar-refractivity contribution is -0.154. The van der Waals surface area contributed by atoms with Crippen molar-refractivity contribution in [1.29, 1.82) is 0 Å². The van der Waals surface area contributed by atoms with E-state index in [1.54, 1.807) is 0 Å². The van der Waals surface area contributed by atoms with Crippen LogP contribution in [0.2, 0.25) is 0 Å². The van der Waals surface area contributed by atoms with Gasteiger partial charge in [-0.25, -0.2) is 0 Å². The Bertz CT molecular complexity index is 561. The molecule has 1 saturated carbocycles. The minimum absolute atomic E-state index is 0.00236. The van der Waals surface area contributed by atoms with Gasteiger partial charge in [0.25, 0.3) is 0 Å². The molecule has 1 N–H and O–H groups in total. The molecular formula is C21H34O5. The molecule has 5 heteroatoms. The van der Waals surface area contributed by atoms with Crippen molar-refractivity contribution < 1.29 is 24.3 Å². The smallest absolute Gasteiger partial charge is 0.192 e. The van der Waals surface area contributed by atoms with E-state index in [2.05, 4.69) is 0 Å². The molecule has 0 spiro atoms. The first-order valence-electron chi connectivity index (χ1n) is 9.79. The van der Waals surface area contributed by atoms with Crippen LogP contribution in [0.3, 0.4) is 0 Å². The summed E-state index contributed by atoms with van der Waals surface area (Å²) in [5.41, 5.74) is -2.34. The molecule has 0 aromatic rings. The zero-order chi connectivity index (χ0) is 20.2. The van der Waals surface area contributed by atoms with Crippen molar-refractivity contribution in [2.24, 2.45) is 29.6 Å². The van der Waals surface area contributed by atoms with Gasteiger partial charge >= 0.3 is 0 Å². The highest BCUT2D eigenvalue weighted by atomic mass is 16.3. The molecule has 0 heterocycles. The number of ketones is 4. The Morgan fingerprint density at radius 2 is 1.50 bits per heavy atom. The van der Waals surface area contributed by atoms with Crippen LogP contribution < -0.4 is 0 Å². The molecule has 1 aliphatic rings. The van der Waals surface area contributed by atoms with Crippen molar-refractivity contribution in [3.8, 4) is 0 Å². The van der Waals surface area contributed by atoms with Crippen LogP contribution >= 0.6 is 0 Å². The quantitative estimate of drug-likeness (QED) is 0.600. The Kier molecular flexibility index (Phi) is 7.87. The molecule has 1 aliphatic carbocycles. The summed E-state index contributed by atoms with van der Waals surface area (Å²) in [6, 6.07) is 0. The van der Waals surface area contributed by atoms with Crippen LogP contribution in [0.15, 0.2) is 0 Å². The zero-order valence-electron chi connectivity index (χ0n) is 17.0. The number of carbonyl (C=O) groups excluding carboxylic acids is 4. The van der Waals surface area contributed by atoms with E-state index in [4.69, 9.17) is 0 Å². The molecule has 148 valence electrons. The molecule has 0 aliphatic heterocycles. The average molecular weight is 366 g/mol. The van der Waals surface area contributed by atoms with E-state index in [-0.39, 0.29) is 37.0 Å². The summed E-state index contributed by atoms with van der Waals surface area (Å²) in [4.78, 5) is 51.0. The molecule has 0 aromatic carbocycles. The second-order valence-electron chi connectivity index (χ2n) is 8.91. The molecule has 0 amide bonds. The number of carbonyl (C=O) groups is 4. The van der Waals surface area contributed by atoms with Crippen LogP contribution in [0.5, 0.6) is 0 Å². The van der Waals surface area contributed by atoms with E-state index in [1.807, 2.05) is 41.5 Å².